The maximum atomic E-state index is 12.1. The number of sulfonamides is 1. The van der Waals surface area contributed by atoms with Gasteiger partial charge in [0.1, 0.15) is 0 Å². The standard InChI is InChI=1S/C15H28N2O2S/c1-11(17-20(18,19)4-3-16-2)15-8-12-5-13(9-15)7-14(6-12)10-15/h11-14,16-17H,3-10H2,1-2H3. The quantitative estimate of drug-likeness (QED) is 0.785. The van der Waals surface area contributed by atoms with Crippen molar-refractivity contribution in [2.45, 2.75) is 51.5 Å². The number of hydrogen-bond donors (Lipinski definition) is 2. The van der Waals surface area contributed by atoms with Crippen molar-refractivity contribution < 1.29 is 8.42 Å². The molecule has 0 radical (unpaired) electrons. The molecule has 4 nitrogen and oxygen atoms in total. The molecule has 0 aromatic carbocycles. The van der Waals surface area contributed by atoms with E-state index in [9.17, 15) is 8.42 Å². The summed E-state index contributed by atoms with van der Waals surface area (Å²) in [5, 5.41) is 2.91. The predicted molar refractivity (Wildman–Crippen MR) is 80.9 cm³/mol. The predicted octanol–water partition coefficient (Wildman–Crippen LogP) is 1.73. The molecule has 1 atom stereocenters. The Hall–Kier alpha value is -0.130. The van der Waals surface area contributed by atoms with E-state index < -0.39 is 10.0 Å². The van der Waals surface area contributed by atoms with Gasteiger partial charge >= 0.3 is 0 Å². The van der Waals surface area contributed by atoms with Gasteiger partial charge < -0.3 is 5.32 Å². The molecule has 1 unspecified atom stereocenters. The van der Waals surface area contributed by atoms with Gasteiger partial charge in [0.15, 0.2) is 0 Å². The van der Waals surface area contributed by atoms with Crippen molar-refractivity contribution in [3.8, 4) is 0 Å². The molecule has 5 heteroatoms. The van der Waals surface area contributed by atoms with Gasteiger partial charge in [-0.1, -0.05) is 0 Å². The second-order valence-corrected chi connectivity index (χ2v) is 9.42. The van der Waals surface area contributed by atoms with Crippen molar-refractivity contribution in [1.29, 1.82) is 0 Å². The number of rotatable bonds is 6. The van der Waals surface area contributed by atoms with Crippen LogP contribution in [-0.4, -0.2) is 33.8 Å². The minimum Gasteiger partial charge on any atom is -0.319 e. The van der Waals surface area contributed by atoms with E-state index in [0.29, 0.717) is 6.54 Å². The first-order chi connectivity index (χ1) is 9.42. The summed E-state index contributed by atoms with van der Waals surface area (Å²) in [5.74, 6) is 2.78. The van der Waals surface area contributed by atoms with E-state index in [-0.39, 0.29) is 17.2 Å². The Balaban J connectivity index is 1.69. The van der Waals surface area contributed by atoms with Crippen LogP contribution in [0.25, 0.3) is 0 Å². The molecule has 0 aromatic rings. The molecule has 4 saturated carbocycles. The molecule has 0 heterocycles. The molecule has 0 amide bonds. The molecule has 4 fully saturated rings. The van der Waals surface area contributed by atoms with Gasteiger partial charge in [-0.05, 0) is 75.7 Å². The molecule has 0 spiro atoms. The van der Waals surface area contributed by atoms with Crippen LogP contribution in [0.4, 0.5) is 0 Å². The first kappa shape index (κ1) is 14.8. The molecule has 4 rings (SSSR count). The summed E-state index contributed by atoms with van der Waals surface area (Å²) in [6.45, 7) is 2.62. The fourth-order valence-corrected chi connectivity index (χ4v) is 6.78. The summed E-state index contributed by atoms with van der Waals surface area (Å²) in [4.78, 5) is 0. The van der Waals surface area contributed by atoms with Crippen LogP contribution in [0.5, 0.6) is 0 Å². The van der Waals surface area contributed by atoms with E-state index in [1.165, 1.54) is 38.5 Å². The summed E-state index contributed by atoms with van der Waals surface area (Å²) in [6, 6.07) is 0.0951. The van der Waals surface area contributed by atoms with Gasteiger partial charge in [-0.2, -0.15) is 0 Å². The lowest BCUT2D eigenvalue weighted by Crippen LogP contribution is -2.56. The zero-order valence-electron chi connectivity index (χ0n) is 12.7. The summed E-state index contributed by atoms with van der Waals surface area (Å²) < 4.78 is 27.3. The lowest BCUT2D eigenvalue weighted by Gasteiger charge is -2.59. The van der Waals surface area contributed by atoms with Gasteiger partial charge in [-0.3, -0.25) is 0 Å². The average molecular weight is 300 g/mol. The van der Waals surface area contributed by atoms with Gasteiger partial charge in [0, 0.05) is 12.6 Å². The van der Waals surface area contributed by atoms with Gasteiger partial charge in [0.2, 0.25) is 10.0 Å². The second kappa shape index (κ2) is 5.25. The monoisotopic (exact) mass is 300 g/mol. The first-order valence-electron chi connectivity index (χ1n) is 8.07. The molecule has 4 aliphatic carbocycles. The third-order valence-corrected chi connectivity index (χ3v) is 7.44. The van der Waals surface area contributed by atoms with Gasteiger partial charge in [0.25, 0.3) is 0 Å². The molecule has 4 aliphatic rings. The molecule has 2 N–H and O–H groups in total. The lowest BCUT2D eigenvalue weighted by molar-refractivity contribution is -0.0666. The maximum Gasteiger partial charge on any atom is 0.213 e. The van der Waals surface area contributed by atoms with Gasteiger partial charge in [-0.25, -0.2) is 13.1 Å². The van der Waals surface area contributed by atoms with Gasteiger partial charge in [0.05, 0.1) is 5.75 Å². The third-order valence-electron chi connectivity index (χ3n) is 5.98. The fourth-order valence-electron chi connectivity index (χ4n) is 5.40. The van der Waals surface area contributed by atoms with Crippen molar-refractivity contribution >= 4 is 10.0 Å². The Labute approximate surface area is 123 Å². The molecule has 0 saturated heterocycles. The van der Waals surface area contributed by atoms with Gasteiger partial charge in [-0.15, -0.1) is 0 Å². The summed E-state index contributed by atoms with van der Waals surface area (Å²) in [7, 11) is -1.36. The van der Waals surface area contributed by atoms with Crippen LogP contribution < -0.4 is 10.0 Å². The molecule has 0 aliphatic heterocycles. The Kier molecular flexibility index (Phi) is 3.89. The van der Waals surface area contributed by atoms with E-state index >= 15 is 0 Å². The molecular weight excluding hydrogens is 272 g/mol. The highest BCUT2D eigenvalue weighted by Gasteiger charge is 2.53. The minimum absolute atomic E-state index is 0.0951. The normalized spacial score (nSPS) is 41.0. The number of hydrogen-bond acceptors (Lipinski definition) is 3. The third kappa shape index (κ3) is 2.77. The van der Waals surface area contributed by atoms with Crippen LogP contribution in [0.2, 0.25) is 0 Å². The Bertz CT molecular complexity index is 425. The zero-order chi connectivity index (χ0) is 14.4. The first-order valence-corrected chi connectivity index (χ1v) is 9.72. The van der Waals surface area contributed by atoms with Crippen LogP contribution in [0.15, 0.2) is 0 Å². The minimum atomic E-state index is -3.15. The summed E-state index contributed by atoms with van der Waals surface area (Å²) in [6.07, 6.45) is 7.94. The molecule has 20 heavy (non-hydrogen) atoms. The molecule has 4 bridgehead atoms. The topological polar surface area (TPSA) is 58.2 Å². The van der Waals surface area contributed by atoms with Crippen LogP contribution in [-0.2, 0) is 10.0 Å². The number of nitrogens with one attached hydrogen (secondary N) is 2. The SMILES string of the molecule is CNCCS(=O)(=O)NC(C)C12CC3CC(CC(C3)C1)C2. The molecular formula is C15H28N2O2S. The van der Waals surface area contributed by atoms with Crippen molar-refractivity contribution in [2.75, 3.05) is 19.3 Å². The summed E-state index contributed by atoms with van der Waals surface area (Å²) >= 11 is 0. The molecule has 0 aromatic heterocycles. The van der Waals surface area contributed by atoms with Crippen LogP contribution in [0, 0.1) is 23.2 Å². The smallest absolute Gasteiger partial charge is 0.213 e. The van der Waals surface area contributed by atoms with Crippen molar-refractivity contribution in [3.05, 3.63) is 0 Å². The molecule has 116 valence electrons. The van der Waals surface area contributed by atoms with Crippen LogP contribution in [0.3, 0.4) is 0 Å². The van der Waals surface area contributed by atoms with Crippen LogP contribution in [0.1, 0.15) is 45.4 Å². The van der Waals surface area contributed by atoms with Crippen molar-refractivity contribution in [2.24, 2.45) is 23.2 Å². The largest absolute Gasteiger partial charge is 0.319 e. The lowest BCUT2D eigenvalue weighted by atomic mass is 9.48. The zero-order valence-corrected chi connectivity index (χ0v) is 13.5. The Morgan fingerprint density at radius 2 is 1.60 bits per heavy atom. The Morgan fingerprint density at radius 1 is 1.10 bits per heavy atom. The van der Waals surface area contributed by atoms with E-state index in [1.807, 2.05) is 0 Å². The highest BCUT2D eigenvalue weighted by molar-refractivity contribution is 7.89. The maximum absolute atomic E-state index is 12.1. The van der Waals surface area contributed by atoms with Crippen molar-refractivity contribution in [1.82, 2.24) is 10.0 Å². The van der Waals surface area contributed by atoms with Crippen molar-refractivity contribution in [3.63, 3.8) is 0 Å². The second-order valence-electron chi connectivity index (χ2n) is 7.54. The fraction of sp³-hybridized carbons (Fsp3) is 1.00. The highest BCUT2D eigenvalue weighted by Crippen LogP contribution is 2.61. The average Bonchev–Trinajstić information content (AvgIpc) is 2.34. The highest BCUT2D eigenvalue weighted by atomic mass is 32.2. The van der Waals surface area contributed by atoms with E-state index in [0.717, 1.165) is 17.8 Å². The Morgan fingerprint density at radius 3 is 2.05 bits per heavy atom. The van der Waals surface area contributed by atoms with E-state index in [1.54, 1.807) is 7.05 Å². The van der Waals surface area contributed by atoms with E-state index in [2.05, 4.69) is 17.0 Å². The summed E-state index contributed by atoms with van der Waals surface area (Å²) in [5.41, 5.74) is 0.251. The van der Waals surface area contributed by atoms with E-state index in [4.69, 9.17) is 0 Å². The van der Waals surface area contributed by atoms with Crippen LogP contribution >= 0.6 is 0 Å².